The van der Waals surface area contributed by atoms with Gasteiger partial charge in [0.2, 0.25) is 11.6 Å². The Morgan fingerprint density at radius 1 is 0.800 bits per heavy atom. The Balaban J connectivity index is 0. The summed E-state index contributed by atoms with van der Waals surface area (Å²) in [5, 5.41) is 0. The maximum atomic E-state index is 10.5. The number of carbonyl (C=O) groups excluding carboxylic acids is 4. The Kier molecular flexibility index (Phi) is 10.6. The van der Waals surface area contributed by atoms with Crippen molar-refractivity contribution in [1.29, 1.82) is 0 Å². The zero-order valence-electron chi connectivity index (χ0n) is 7.86. The van der Waals surface area contributed by atoms with E-state index in [4.69, 9.17) is 0 Å². The molecule has 0 aliphatic heterocycles. The van der Waals surface area contributed by atoms with Gasteiger partial charge in [0.05, 0.1) is 0 Å². The van der Waals surface area contributed by atoms with Crippen molar-refractivity contribution in [3.8, 4) is 0 Å². The Bertz CT molecular complexity index is 244. The van der Waals surface area contributed by atoms with E-state index in [2.05, 4.69) is 9.47 Å². The fraction of sp³-hybridized carbons (Fsp3) is 0.500. The van der Waals surface area contributed by atoms with Gasteiger partial charge in [-0.25, -0.2) is 9.59 Å². The number of hydrogen-bond acceptors (Lipinski definition) is 6. The third kappa shape index (κ3) is 8.88. The maximum absolute atomic E-state index is 10.5. The minimum atomic E-state index is -0.996. The van der Waals surface area contributed by atoms with Gasteiger partial charge in [-0.15, -0.1) is 0 Å². The molecule has 80 valence electrons. The van der Waals surface area contributed by atoms with E-state index in [0.29, 0.717) is 0 Å². The SMILES string of the molecule is CC(=O)C(=O)OCCOC(=O)C(C)=O.[KH]. The predicted molar refractivity (Wildman–Crippen MR) is 50.4 cm³/mol. The molecule has 0 atom stereocenters. The number of hydrogen-bond donors (Lipinski definition) is 0. The third-order valence-corrected chi connectivity index (χ3v) is 1.12. The van der Waals surface area contributed by atoms with Gasteiger partial charge in [0.1, 0.15) is 13.2 Å². The van der Waals surface area contributed by atoms with Crippen LogP contribution in [-0.2, 0) is 28.7 Å². The zero-order chi connectivity index (χ0) is 11.1. The number of Topliss-reactive ketones (excluding diaryl/α,β-unsaturated/α-hetero) is 2. The molecule has 0 heterocycles. The van der Waals surface area contributed by atoms with Crippen molar-refractivity contribution in [1.82, 2.24) is 0 Å². The van der Waals surface area contributed by atoms with E-state index in [9.17, 15) is 19.2 Å². The summed E-state index contributed by atoms with van der Waals surface area (Å²) < 4.78 is 8.71. The summed E-state index contributed by atoms with van der Waals surface area (Å²) in [6.45, 7) is 1.64. The molecule has 0 saturated carbocycles. The van der Waals surface area contributed by atoms with Crippen molar-refractivity contribution in [2.75, 3.05) is 13.2 Å². The van der Waals surface area contributed by atoms with Crippen molar-refractivity contribution in [2.45, 2.75) is 13.8 Å². The second-order valence-corrected chi connectivity index (χ2v) is 2.38. The summed E-state index contributed by atoms with van der Waals surface area (Å²) in [5.74, 6) is -3.46. The summed E-state index contributed by atoms with van der Waals surface area (Å²) >= 11 is 0. The van der Waals surface area contributed by atoms with Crippen LogP contribution in [0.5, 0.6) is 0 Å². The molecule has 0 aromatic carbocycles. The van der Waals surface area contributed by atoms with Gasteiger partial charge in [-0.05, 0) is 0 Å². The first-order valence-corrected chi connectivity index (χ1v) is 3.80. The van der Waals surface area contributed by atoms with Crippen LogP contribution in [-0.4, -0.2) is 88.1 Å². The second kappa shape index (κ2) is 9.16. The van der Waals surface area contributed by atoms with Gasteiger partial charge in [0.25, 0.3) is 0 Å². The monoisotopic (exact) mass is 242 g/mol. The normalized spacial score (nSPS) is 8.40. The number of carbonyl (C=O) groups is 4. The molecule has 0 radical (unpaired) electrons. The molecule has 0 fully saturated rings. The summed E-state index contributed by atoms with van der Waals surface area (Å²) in [6, 6.07) is 0. The molecule has 0 saturated heterocycles. The third-order valence-electron chi connectivity index (χ3n) is 1.12. The molecule has 0 unspecified atom stereocenters. The van der Waals surface area contributed by atoms with Gasteiger partial charge in [0.15, 0.2) is 0 Å². The molecule has 0 rings (SSSR count). The molecule has 0 amide bonds. The van der Waals surface area contributed by atoms with Crippen LogP contribution in [0.3, 0.4) is 0 Å². The summed E-state index contributed by atoms with van der Waals surface area (Å²) in [7, 11) is 0. The van der Waals surface area contributed by atoms with Crippen LogP contribution < -0.4 is 0 Å². The van der Waals surface area contributed by atoms with Gasteiger partial charge in [-0.2, -0.15) is 0 Å². The number of esters is 2. The molecule has 0 aromatic heterocycles. The zero-order valence-corrected chi connectivity index (χ0v) is 7.86. The number of rotatable bonds is 5. The molecule has 0 aromatic rings. The Morgan fingerprint density at radius 2 is 1.07 bits per heavy atom. The van der Waals surface area contributed by atoms with E-state index in [1.807, 2.05) is 0 Å². The fourth-order valence-corrected chi connectivity index (χ4v) is 0.472. The van der Waals surface area contributed by atoms with E-state index in [0.717, 1.165) is 13.8 Å². The van der Waals surface area contributed by atoms with Crippen LogP contribution in [0.15, 0.2) is 0 Å². The standard InChI is InChI=1S/C8H10O6.K.H/c1-5(9)7(11)13-3-4-14-8(12)6(2)10;;/h3-4H2,1-2H3;;. The quantitative estimate of drug-likeness (QED) is 0.255. The molecule has 7 heteroatoms. The van der Waals surface area contributed by atoms with Gasteiger partial charge in [-0.3, -0.25) is 9.59 Å². The van der Waals surface area contributed by atoms with E-state index in [1.54, 1.807) is 0 Å². The average molecular weight is 242 g/mol. The van der Waals surface area contributed by atoms with Crippen molar-refractivity contribution in [3.63, 3.8) is 0 Å². The first-order valence-electron chi connectivity index (χ1n) is 3.80. The molecule has 0 aliphatic rings. The van der Waals surface area contributed by atoms with Crippen molar-refractivity contribution in [3.05, 3.63) is 0 Å². The fourth-order valence-electron chi connectivity index (χ4n) is 0.472. The van der Waals surface area contributed by atoms with Crippen molar-refractivity contribution in [2.24, 2.45) is 0 Å². The first kappa shape index (κ1) is 17.3. The van der Waals surface area contributed by atoms with Crippen molar-refractivity contribution >= 4 is 74.9 Å². The number of ether oxygens (including phenoxy) is 2. The van der Waals surface area contributed by atoms with E-state index >= 15 is 0 Å². The Hall–Kier alpha value is -0.0836. The van der Waals surface area contributed by atoms with Crippen molar-refractivity contribution < 1.29 is 28.7 Å². The molecule has 0 N–H and O–H groups in total. The van der Waals surface area contributed by atoms with E-state index in [-0.39, 0.29) is 64.6 Å². The molecule has 0 aliphatic carbocycles. The molecule has 0 bridgehead atoms. The molecule has 6 nitrogen and oxygen atoms in total. The van der Waals surface area contributed by atoms with Crippen LogP contribution in [0.25, 0.3) is 0 Å². The van der Waals surface area contributed by atoms with Crippen LogP contribution in [0.2, 0.25) is 0 Å². The van der Waals surface area contributed by atoms with Gasteiger partial charge in [-0.1, -0.05) is 0 Å². The summed E-state index contributed by atoms with van der Waals surface area (Å²) in [6.07, 6.45) is 0. The van der Waals surface area contributed by atoms with Crippen LogP contribution >= 0.6 is 0 Å². The second-order valence-electron chi connectivity index (χ2n) is 2.38. The van der Waals surface area contributed by atoms with Crippen LogP contribution in [0.4, 0.5) is 0 Å². The van der Waals surface area contributed by atoms with Gasteiger partial charge in [0, 0.05) is 13.8 Å². The van der Waals surface area contributed by atoms with E-state index < -0.39 is 23.5 Å². The summed E-state index contributed by atoms with van der Waals surface area (Å²) in [5.41, 5.74) is 0. The Labute approximate surface area is 129 Å². The average Bonchev–Trinajstić information content (AvgIpc) is 2.11. The molecular weight excluding hydrogens is 231 g/mol. The topological polar surface area (TPSA) is 86.7 Å². The molecule has 15 heavy (non-hydrogen) atoms. The van der Waals surface area contributed by atoms with E-state index in [1.165, 1.54) is 0 Å². The first-order chi connectivity index (χ1) is 6.45. The molecular formula is C8H11KO6. The minimum absolute atomic E-state index is 0. The number of ketones is 2. The molecule has 0 spiro atoms. The van der Waals surface area contributed by atoms with Crippen LogP contribution in [0, 0.1) is 0 Å². The Morgan fingerprint density at radius 3 is 1.27 bits per heavy atom. The van der Waals surface area contributed by atoms with Gasteiger partial charge < -0.3 is 9.47 Å². The van der Waals surface area contributed by atoms with Gasteiger partial charge >= 0.3 is 63.3 Å². The van der Waals surface area contributed by atoms with Crippen LogP contribution in [0.1, 0.15) is 13.8 Å². The predicted octanol–water partition coefficient (Wildman–Crippen LogP) is -1.40. The summed E-state index contributed by atoms with van der Waals surface area (Å²) in [4.78, 5) is 41.8.